The van der Waals surface area contributed by atoms with E-state index in [1.54, 1.807) is 0 Å². The van der Waals surface area contributed by atoms with Crippen molar-refractivity contribution in [3.05, 3.63) is 35.9 Å². The first-order chi connectivity index (χ1) is 10.1. The molecule has 116 valence electrons. The number of piperidine rings is 1. The summed E-state index contributed by atoms with van der Waals surface area (Å²) in [5, 5.41) is 3.16. The lowest BCUT2D eigenvalue weighted by Gasteiger charge is -2.28. The van der Waals surface area contributed by atoms with E-state index in [1.165, 1.54) is 5.56 Å². The molecule has 0 radical (unpaired) electrons. The molecule has 0 bridgehead atoms. The number of carbonyl (C=O) groups is 1. The third kappa shape index (κ3) is 5.88. The summed E-state index contributed by atoms with van der Waals surface area (Å²) in [6, 6.07) is 10.7. The van der Waals surface area contributed by atoms with Crippen LogP contribution >= 0.6 is 0 Å². The molecule has 0 spiro atoms. The van der Waals surface area contributed by atoms with Gasteiger partial charge in [-0.2, -0.15) is 0 Å². The van der Waals surface area contributed by atoms with Crippen molar-refractivity contribution in [3.8, 4) is 0 Å². The third-order valence-corrected chi connectivity index (χ3v) is 4.43. The number of hydrogen-bond acceptors (Lipinski definition) is 2. The van der Waals surface area contributed by atoms with Crippen LogP contribution in [0.25, 0.3) is 0 Å². The molecule has 3 heteroatoms. The minimum Gasteiger partial charge on any atom is -0.354 e. The topological polar surface area (TPSA) is 32.3 Å². The Kier molecular flexibility index (Phi) is 6.24. The van der Waals surface area contributed by atoms with Crippen LogP contribution in [-0.2, 0) is 11.2 Å². The molecule has 1 fully saturated rings. The first-order valence-electron chi connectivity index (χ1n) is 8.15. The predicted octanol–water partition coefficient (Wildman–Crippen LogP) is 2.86. The monoisotopic (exact) mass is 288 g/mol. The van der Waals surface area contributed by atoms with Gasteiger partial charge in [0.2, 0.25) is 5.91 Å². The quantitative estimate of drug-likeness (QED) is 0.873. The number of nitrogens with one attached hydrogen (secondary N) is 1. The van der Waals surface area contributed by atoms with Crippen LogP contribution in [0, 0.1) is 5.92 Å². The van der Waals surface area contributed by atoms with Crippen LogP contribution < -0.4 is 5.32 Å². The van der Waals surface area contributed by atoms with Crippen molar-refractivity contribution in [3.63, 3.8) is 0 Å². The van der Waals surface area contributed by atoms with Gasteiger partial charge in [-0.3, -0.25) is 4.79 Å². The van der Waals surface area contributed by atoms with E-state index in [0.717, 1.165) is 38.8 Å². The second-order valence-corrected chi connectivity index (χ2v) is 6.44. The Balaban J connectivity index is 1.65. The number of rotatable bonds is 6. The van der Waals surface area contributed by atoms with Gasteiger partial charge < -0.3 is 10.2 Å². The average molecular weight is 288 g/mol. The van der Waals surface area contributed by atoms with Crippen LogP contribution in [0.2, 0.25) is 0 Å². The molecular weight excluding hydrogens is 260 g/mol. The number of nitrogens with zero attached hydrogens (tertiary/aromatic N) is 1. The van der Waals surface area contributed by atoms with E-state index >= 15 is 0 Å². The van der Waals surface area contributed by atoms with Gasteiger partial charge in [-0.15, -0.1) is 0 Å². The lowest BCUT2D eigenvalue weighted by atomic mass is 9.93. The molecule has 0 aliphatic carbocycles. The van der Waals surface area contributed by atoms with Crippen LogP contribution in [0.3, 0.4) is 0 Å². The molecule has 1 aliphatic rings. The SMILES string of the molecule is C[C@@H](CCc1ccccc1)NC(=O)CC1CCN(C)CC1. The van der Waals surface area contributed by atoms with Crippen LogP contribution in [0.5, 0.6) is 0 Å². The maximum absolute atomic E-state index is 12.1. The normalized spacial score (nSPS) is 18.4. The van der Waals surface area contributed by atoms with Crippen molar-refractivity contribution in [2.45, 2.75) is 45.1 Å². The molecule has 1 aromatic carbocycles. The Morgan fingerprint density at radius 1 is 1.29 bits per heavy atom. The molecule has 1 aliphatic heterocycles. The van der Waals surface area contributed by atoms with Gasteiger partial charge in [0.15, 0.2) is 0 Å². The highest BCUT2D eigenvalue weighted by Gasteiger charge is 2.20. The standard InChI is InChI=1S/C18H28N2O/c1-15(8-9-16-6-4-3-5-7-16)19-18(21)14-17-10-12-20(2)13-11-17/h3-7,15,17H,8-14H2,1-2H3,(H,19,21)/t15-/m0/s1. The Labute approximate surface area is 128 Å². The predicted molar refractivity (Wildman–Crippen MR) is 87.2 cm³/mol. The lowest BCUT2D eigenvalue weighted by molar-refractivity contribution is -0.123. The molecule has 1 atom stereocenters. The van der Waals surface area contributed by atoms with Crippen molar-refractivity contribution >= 4 is 5.91 Å². The molecule has 0 saturated carbocycles. The zero-order chi connectivity index (χ0) is 15.1. The molecule has 2 rings (SSSR count). The minimum atomic E-state index is 0.227. The minimum absolute atomic E-state index is 0.227. The fourth-order valence-electron chi connectivity index (χ4n) is 2.96. The van der Waals surface area contributed by atoms with E-state index in [-0.39, 0.29) is 11.9 Å². The molecule has 1 aromatic rings. The molecule has 1 heterocycles. The van der Waals surface area contributed by atoms with E-state index in [1.807, 2.05) is 6.07 Å². The first-order valence-corrected chi connectivity index (χ1v) is 8.15. The largest absolute Gasteiger partial charge is 0.354 e. The molecular formula is C18H28N2O. The fraction of sp³-hybridized carbons (Fsp3) is 0.611. The first kappa shape index (κ1) is 16.0. The van der Waals surface area contributed by atoms with Crippen LogP contribution in [-0.4, -0.2) is 37.0 Å². The van der Waals surface area contributed by atoms with Gasteiger partial charge in [-0.1, -0.05) is 30.3 Å². The molecule has 1 N–H and O–H groups in total. The fourth-order valence-corrected chi connectivity index (χ4v) is 2.96. The second kappa shape index (κ2) is 8.18. The van der Waals surface area contributed by atoms with Crippen molar-refractivity contribution in [2.75, 3.05) is 20.1 Å². The van der Waals surface area contributed by atoms with Crippen molar-refractivity contribution in [2.24, 2.45) is 5.92 Å². The highest BCUT2D eigenvalue weighted by molar-refractivity contribution is 5.76. The highest BCUT2D eigenvalue weighted by atomic mass is 16.1. The summed E-state index contributed by atoms with van der Waals surface area (Å²) in [7, 11) is 2.15. The number of aryl methyl sites for hydroxylation is 1. The van der Waals surface area contributed by atoms with E-state index in [9.17, 15) is 4.79 Å². The zero-order valence-corrected chi connectivity index (χ0v) is 13.3. The van der Waals surface area contributed by atoms with Gasteiger partial charge >= 0.3 is 0 Å². The molecule has 1 saturated heterocycles. The van der Waals surface area contributed by atoms with E-state index in [0.29, 0.717) is 12.3 Å². The van der Waals surface area contributed by atoms with Gasteiger partial charge in [-0.05, 0) is 64.2 Å². The number of likely N-dealkylation sites (tertiary alicyclic amines) is 1. The summed E-state index contributed by atoms with van der Waals surface area (Å²) in [5.41, 5.74) is 1.34. The van der Waals surface area contributed by atoms with Gasteiger partial charge in [0.05, 0.1) is 0 Å². The molecule has 21 heavy (non-hydrogen) atoms. The van der Waals surface area contributed by atoms with Crippen LogP contribution in [0.4, 0.5) is 0 Å². The third-order valence-electron chi connectivity index (χ3n) is 4.43. The van der Waals surface area contributed by atoms with Crippen molar-refractivity contribution < 1.29 is 4.79 Å². The summed E-state index contributed by atoms with van der Waals surface area (Å²) in [6.45, 7) is 4.36. The number of hydrogen-bond donors (Lipinski definition) is 1. The van der Waals surface area contributed by atoms with Crippen molar-refractivity contribution in [1.29, 1.82) is 0 Å². The molecule has 3 nitrogen and oxygen atoms in total. The highest BCUT2D eigenvalue weighted by Crippen LogP contribution is 2.19. The Morgan fingerprint density at radius 3 is 2.62 bits per heavy atom. The maximum atomic E-state index is 12.1. The van der Waals surface area contributed by atoms with Gasteiger partial charge in [0.1, 0.15) is 0 Å². The van der Waals surface area contributed by atoms with E-state index < -0.39 is 0 Å². The van der Waals surface area contributed by atoms with Gasteiger partial charge in [0.25, 0.3) is 0 Å². The number of benzene rings is 1. The Hall–Kier alpha value is -1.35. The summed E-state index contributed by atoms with van der Waals surface area (Å²) in [5.74, 6) is 0.799. The van der Waals surface area contributed by atoms with Crippen LogP contribution in [0.1, 0.15) is 38.2 Å². The molecule has 1 amide bonds. The Bertz CT molecular complexity index is 424. The van der Waals surface area contributed by atoms with Crippen molar-refractivity contribution in [1.82, 2.24) is 10.2 Å². The molecule has 0 aromatic heterocycles. The number of amides is 1. The van der Waals surface area contributed by atoms with Gasteiger partial charge in [0, 0.05) is 12.5 Å². The second-order valence-electron chi connectivity index (χ2n) is 6.44. The zero-order valence-electron chi connectivity index (χ0n) is 13.3. The van der Waals surface area contributed by atoms with Crippen LogP contribution in [0.15, 0.2) is 30.3 Å². The smallest absolute Gasteiger partial charge is 0.220 e. The lowest BCUT2D eigenvalue weighted by Crippen LogP contribution is -2.36. The van der Waals surface area contributed by atoms with E-state index in [2.05, 4.69) is 48.5 Å². The Morgan fingerprint density at radius 2 is 1.95 bits per heavy atom. The summed E-state index contributed by atoms with van der Waals surface area (Å²) >= 11 is 0. The number of carbonyl (C=O) groups excluding carboxylic acids is 1. The summed E-state index contributed by atoms with van der Waals surface area (Å²) < 4.78 is 0. The average Bonchev–Trinajstić information content (AvgIpc) is 2.48. The molecule has 0 unspecified atom stereocenters. The maximum Gasteiger partial charge on any atom is 0.220 e. The summed E-state index contributed by atoms with van der Waals surface area (Å²) in [4.78, 5) is 14.4. The van der Waals surface area contributed by atoms with E-state index in [4.69, 9.17) is 0 Å². The van der Waals surface area contributed by atoms with Gasteiger partial charge in [-0.25, -0.2) is 0 Å². The summed E-state index contributed by atoms with van der Waals surface area (Å²) in [6.07, 6.45) is 5.04.